The van der Waals surface area contributed by atoms with Crippen molar-refractivity contribution in [3.05, 3.63) is 156 Å². The number of rotatable bonds is 20. The van der Waals surface area contributed by atoms with Gasteiger partial charge in [-0.2, -0.15) is 12.9 Å². The third-order valence-electron chi connectivity index (χ3n) is 11.1. The zero-order chi connectivity index (χ0) is 65.8. The van der Waals surface area contributed by atoms with E-state index in [9.17, 15) is 66.9 Å². The van der Waals surface area contributed by atoms with E-state index in [2.05, 4.69) is 9.61 Å². The number of non-ortho nitro benzene ring substituents is 1. The first-order valence-corrected chi connectivity index (χ1v) is 42.8. The molecule has 0 saturated heterocycles. The van der Waals surface area contributed by atoms with Crippen LogP contribution in [-0.4, -0.2) is 210 Å². The molecule has 0 aliphatic heterocycles. The van der Waals surface area contributed by atoms with E-state index in [-0.39, 0.29) is 187 Å². The van der Waals surface area contributed by atoms with Crippen LogP contribution in [0.25, 0.3) is 40.3 Å². The van der Waals surface area contributed by atoms with E-state index in [1.165, 1.54) is 46.2 Å². The number of benzene rings is 5. The second-order valence-electron chi connectivity index (χ2n) is 19.4. The summed E-state index contributed by atoms with van der Waals surface area (Å²) in [5.41, 5.74) is -0.225. The Morgan fingerprint density at radius 2 is 0.857 bits per heavy atom. The monoisotopic (exact) mass is 1730 g/mol. The summed E-state index contributed by atoms with van der Waals surface area (Å²) >= 11 is 4.57. The van der Waals surface area contributed by atoms with E-state index < -0.39 is 87.1 Å². The van der Waals surface area contributed by atoms with Crippen LogP contribution in [0.4, 0.5) is 5.69 Å². The van der Waals surface area contributed by atoms with Crippen molar-refractivity contribution >= 4 is 236 Å². The second kappa shape index (κ2) is 36.8. The van der Waals surface area contributed by atoms with E-state index in [0.29, 0.717) is 12.8 Å². The van der Waals surface area contributed by atoms with Gasteiger partial charge >= 0.3 is 76.5 Å². The molecule has 0 amide bonds. The van der Waals surface area contributed by atoms with E-state index in [0.717, 1.165) is 101 Å². The normalized spacial score (nSPS) is 12.7. The van der Waals surface area contributed by atoms with Crippen LogP contribution in [0.1, 0.15) is 0 Å². The van der Waals surface area contributed by atoms with Crippen LogP contribution in [-0.2, 0) is 68.0 Å². The molecule has 4 heterocycles. The van der Waals surface area contributed by atoms with Gasteiger partial charge in [0.15, 0.2) is 7.60 Å². The van der Waals surface area contributed by atoms with Gasteiger partial charge < -0.3 is 44.6 Å². The number of nitro groups is 1. The van der Waals surface area contributed by atoms with Crippen molar-refractivity contribution < 1.29 is 160 Å². The quantitative estimate of drug-likeness (QED) is 0.0224. The molecule has 5 aromatic carbocycles. The summed E-state index contributed by atoms with van der Waals surface area (Å²) < 4.78 is 159. The van der Waals surface area contributed by atoms with Crippen LogP contribution in [0.5, 0.6) is 5.75 Å². The van der Waals surface area contributed by atoms with Gasteiger partial charge in [-0.05, 0) is 109 Å². The Balaban J connectivity index is 0.000000407. The van der Waals surface area contributed by atoms with Crippen molar-refractivity contribution in [2.24, 2.45) is 0 Å². The molecule has 41 heteroatoms. The van der Waals surface area contributed by atoms with E-state index >= 15 is 0 Å². The molecule has 0 saturated carbocycles. The summed E-state index contributed by atoms with van der Waals surface area (Å²) in [6, 6.07) is 40.0. The number of carbonyl (C=O) groups is 1. The number of thiophene rings is 4. The fraction of sp³-hybridized carbons (Fsp3) is 0.220. The first kappa shape index (κ1) is 86.2. The summed E-state index contributed by atoms with van der Waals surface area (Å²) in [7, 11) is -25.1. The molecule has 4 aromatic heterocycles. The van der Waals surface area contributed by atoms with E-state index in [4.69, 9.17) is 24.4 Å². The maximum atomic E-state index is 12.7. The molecule has 1 atom stereocenters. The van der Waals surface area contributed by atoms with Crippen molar-refractivity contribution in [3.63, 3.8) is 0 Å². The minimum Gasteiger partial charge on any atom is -0.768 e. The Morgan fingerprint density at radius 1 is 0.549 bits per heavy atom. The fourth-order valence-electron chi connectivity index (χ4n) is 7.15. The Kier molecular flexibility index (Phi) is 34.8. The van der Waals surface area contributed by atoms with Crippen LogP contribution in [0.3, 0.4) is 0 Å². The van der Waals surface area contributed by atoms with Crippen LogP contribution >= 0.6 is 74.8 Å². The molecule has 0 bridgehead atoms. The van der Waals surface area contributed by atoms with Crippen molar-refractivity contribution in [2.75, 3.05) is 72.9 Å². The smallest absolute Gasteiger partial charge is 0.768 e. The molecular formula is C50H61Cs2N6O21P4S8. The third-order valence-corrected chi connectivity index (χ3v) is 29.1. The van der Waals surface area contributed by atoms with Crippen molar-refractivity contribution in [3.8, 4) is 5.75 Å². The largest absolute Gasteiger partial charge is 1.00 e. The Hall–Kier alpha value is -0.926. The fourth-order valence-corrected chi connectivity index (χ4v) is 24.5. The Labute approximate surface area is 660 Å². The molecule has 0 aliphatic carbocycles. The standard InChI is InChI=1S/C16H15N2O7PS2.C12H16NO3PS2.C11H14NO3PS2.C10H12NO5PS2.CH2O3.2Cs.H3N/c1-17(28(23,24)16-10-12-4-2-3-5-15(12)27-16)11-26(21,22)25-14-8-6-13(7-9-14)18(19)20;1-13(9-17(2,3)14)19(15,16)12-8-10-6-4-5-7-11(10)18-12;1-16(2,13)8-12-18(14,15)11-7-9-5-3-4-6-10(9)17-11;1-11(7-17(12,13)14)19(15,16)10-6-8-4-2-3-5-9(8)18-10;2-1-4-3;;;/h2-10H,11H2,1H3,(H,21,22);4-8H,9H2,1-3H3;3-7,12H,8H2,1-2H3;2-6H,7H2,1H3,(H2,12,13,14);1,3H;;;1H3/q;;;;;;+1;/p-1. The first-order valence-electron chi connectivity index (χ1n) is 24.6. The van der Waals surface area contributed by atoms with E-state index in [1.54, 1.807) is 87.3 Å². The average molecular weight is 1730 g/mol. The summed E-state index contributed by atoms with van der Waals surface area (Å²) in [4.78, 5) is 51.2. The number of hydrogen-bond donors (Lipinski definition) is 4. The van der Waals surface area contributed by atoms with Gasteiger partial charge in [0.1, 0.15) is 28.9 Å². The average Bonchev–Trinajstić information content (AvgIpc) is 2.02. The Morgan fingerprint density at radius 3 is 1.15 bits per heavy atom. The summed E-state index contributed by atoms with van der Waals surface area (Å²) in [5.74, 6) is -0.142. The summed E-state index contributed by atoms with van der Waals surface area (Å²) in [5, 5.41) is 22.4. The molecule has 1 radical (unpaired) electrons. The van der Waals surface area contributed by atoms with E-state index in [1.807, 2.05) is 48.5 Å². The summed E-state index contributed by atoms with van der Waals surface area (Å²) in [6.07, 6.45) is -1.67. The number of fused-ring (bicyclic) bond motifs is 4. The molecule has 91 heavy (non-hydrogen) atoms. The number of hydrogen-bond acceptors (Lipinski definition) is 23. The number of sulfonamides is 4. The number of nitrogens with one attached hydrogen (secondary N) is 1. The molecular weight excluding hydrogens is 1670 g/mol. The van der Waals surface area contributed by atoms with Gasteiger partial charge in [0.25, 0.3) is 52.3 Å². The van der Waals surface area contributed by atoms with Gasteiger partial charge in [-0.3, -0.25) is 24.0 Å². The molecule has 7 N–H and O–H groups in total. The zero-order valence-corrected chi connectivity index (χ0v) is 72.9. The predicted molar refractivity (Wildman–Crippen MR) is 353 cm³/mol. The van der Waals surface area contributed by atoms with Crippen LogP contribution in [0.15, 0.2) is 162 Å². The molecule has 9 aromatic rings. The number of carbonyl (C=O) groups excluding carboxylic acids is 1. The molecule has 0 spiro atoms. The number of nitro benzene ring substituents is 1. The maximum Gasteiger partial charge on any atom is 1.00 e. The van der Waals surface area contributed by atoms with Gasteiger partial charge in [0, 0.05) is 121 Å². The van der Waals surface area contributed by atoms with Crippen molar-refractivity contribution in [1.82, 2.24) is 23.8 Å². The minimum atomic E-state index is -4.63. The minimum absolute atomic E-state index is 0. The van der Waals surface area contributed by atoms with Crippen molar-refractivity contribution in [1.29, 1.82) is 0 Å². The zero-order valence-electron chi connectivity index (χ0n) is 50.3. The van der Waals surface area contributed by atoms with Crippen LogP contribution in [0.2, 0.25) is 0 Å². The molecule has 9 rings (SSSR count). The van der Waals surface area contributed by atoms with Gasteiger partial charge in [-0.25, -0.2) is 38.4 Å². The molecule has 487 valence electrons. The summed E-state index contributed by atoms with van der Waals surface area (Å²) in [6.45, 7) is 6.11. The molecule has 27 nitrogen and oxygen atoms in total. The molecule has 1 unspecified atom stereocenters. The van der Waals surface area contributed by atoms with Gasteiger partial charge in [0.2, 0.25) is 0 Å². The number of quaternary nitrogens is 1. The Bertz CT molecular complexity index is 4360. The topological polar surface area (TPSA) is 428 Å². The number of nitrogens with zero attached hydrogens (tertiary/aromatic N) is 4. The van der Waals surface area contributed by atoms with Crippen LogP contribution < -0.4 is 94.4 Å². The van der Waals surface area contributed by atoms with Gasteiger partial charge in [-0.1, -0.05) is 72.8 Å². The first-order chi connectivity index (χ1) is 40.7. The van der Waals surface area contributed by atoms with Gasteiger partial charge in [-0.15, -0.1) is 45.3 Å². The van der Waals surface area contributed by atoms with Crippen LogP contribution in [0, 0.1) is 10.1 Å². The molecule has 0 fully saturated rings. The van der Waals surface area contributed by atoms with Crippen molar-refractivity contribution in [2.45, 2.75) is 16.8 Å². The predicted octanol–water partition coefficient (Wildman–Crippen LogP) is 5.97. The third kappa shape index (κ3) is 26.7. The molecule has 0 aliphatic rings. The SMILES string of the molecule is CN(CP(=O)(O)O)S(=O)(=O)c1cc2ccccc2s1.CN(CP(=O)([O-])Oc1ccc([N+](=O)[O-])cc1)S(=O)(=O)c1cc2ccccc2s1.CN(CP(C)(C)=O)S(=O)(=O)c1cc2ccccc2s1.CP(C)(=O)CNS(=O)(=O)c1cc2ccccc2s1.O=CO[O-].[Cs+].[Cs].[NH4+]. The second-order valence-corrected chi connectivity index (χ2v) is 42.7. The maximum absolute atomic E-state index is 12.7. The van der Waals surface area contributed by atoms with Gasteiger partial charge in [0.05, 0.1) is 38.1 Å².